The molecule has 1 rings (SSSR count). The highest BCUT2D eigenvalue weighted by Crippen LogP contribution is 2.24. The molecule has 0 aromatic heterocycles. The molecule has 0 N–H and O–H groups in total. The Hall–Kier alpha value is -0.700. The normalized spacial score (nSPS) is 12.5. The first-order valence-corrected chi connectivity index (χ1v) is 5.83. The van der Waals surface area contributed by atoms with Gasteiger partial charge in [0.15, 0.2) is 0 Å². The van der Waals surface area contributed by atoms with E-state index < -0.39 is 0 Å². The maximum atomic E-state index is 13.5. The van der Waals surface area contributed by atoms with Crippen LogP contribution in [0.3, 0.4) is 0 Å². The summed E-state index contributed by atoms with van der Waals surface area (Å²) in [5.74, 6) is -0.571. The maximum absolute atomic E-state index is 13.5. The third-order valence-corrected chi connectivity index (χ3v) is 2.90. The summed E-state index contributed by atoms with van der Waals surface area (Å²) < 4.78 is 14.2. The van der Waals surface area contributed by atoms with Gasteiger partial charge < -0.3 is 0 Å². The number of hydrogen-bond acceptors (Lipinski definition) is 1. The SMILES string of the molecule is CCCC(=O)C(C)c1ccc(Br)cc1F. The van der Waals surface area contributed by atoms with Gasteiger partial charge in [0.05, 0.1) is 0 Å². The number of ketones is 1. The number of carbonyl (C=O) groups excluding carboxylic acids is 1. The maximum Gasteiger partial charge on any atom is 0.140 e. The minimum atomic E-state index is -0.349. The Kier molecular flexibility index (Phi) is 4.45. The number of halogens is 2. The molecule has 0 heterocycles. The van der Waals surface area contributed by atoms with Crippen LogP contribution >= 0.6 is 15.9 Å². The summed E-state index contributed by atoms with van der Waals surface area (Å²) in [5, 5.41) is 0. The van der Waals surface area contributed by atoms with Crippen molar-refractivity contribution in [2.45, 2.75) is 32.6 Å². The molecule has 1 atom stereocenters. The van der Waals surface area contributed by atoms with Gasteiger partial charge in [0.2, 0.25) is 0 Å². The number of carbonyl (C=O) groups is 1. The van der Waals surface area contributed by atoms with Gasteiger partial charge in [-0.3, -0.25) is 4.79 Å². The largest absolute Gasteiger partial charge is 0.299 e. The summed E-state index contributed by atoms with van der Waals surface area (Å²) in [4.78, 5) is 11.6. The third kappa shape index (κ3) is 3.13. The van der Waals surface area contributed by atoms with E-state index in [-0.39, 0.29) is 17.5 Å². The summed E-state index contributed by atoms with van der Waals surface area (Å²) in [6.45, 7) is 3.70. The molecule has 0 aliphatic carbocycles. The van der Waals surface area contributed by atoms with Crippen molar-refractivity contribution in [3.8, 4) is 0 Å². The van der Waals surface area contributed by atoms with Crippen molar-refractivity contribution < 1.29 is 9.18 Å². The van der Waals surface area contributed by atoms with Gasteiger partial charge in [0, 0.05) is 16.8 Å². The number of hydrogen-bond donors (Lipinski definition) is 0. The van der Waals surface area contributed by atoms with Gasteiger partial charge in [-0.1, -0.05) is 35.8 Å². The van der Waals surface area contributed by atoms with Crippen LogP contribution in [0.4, 0.5) is 4.39 Å². The van der Waals surface area contributed by atoms with E-state index in [1.165, 1.54) is 6.07 Å². The molecule has 1 nitrogen and oxygen atoms in total. The predicted molar refractivity (Wildman–Crippen MR) is 62.4 cm³/mol. The average Bonchev–Trinajstić information content (AvgIpc) is 2.17. The molecule has 0 saturated carbocycles. The van der Waals surface area contributed by atoms with Gasteiger partial charge in [-0.25, -0.2) is 4.39 Å². The molecule has 3 heteroatoms. The van der Waals surface area contributed by atoms with E-state index in [2.05, 4.69) is 15.9 Å². The molecule has 1 aromatic rings. The lowest BCUT2D eigenvalue weighted by atomic mass is 9.94. The predicted octanol–water partition coefficient (Wildman–Crippen LogP) is 4.06. The van der Waals surface area contributed by atoms with E-state index >= 15 is 0 Å². The average molecular weight is 273 g/mol. The van der Waals surface area contributed by atoms with E-state index in [0.29, 0.717) is 16.5 Å². The lowest BCUT2D eigenvalue weighted by Gasteiger charge is -2.11. The number of benzene rings is 1. The zero-order chi connectivity index (χ0) is 11.4. The molecule has 0 fully saturated rings. The monoisotopic (exact) mass is 272 g/mol. The zero-order valence-electron chi connectivity index (χ0n) is 8.89. The number of Topliss-reactive ketones (excluding diaryl/α,β-unsaturated/α-hetero) is 1. The fourth-order valence-corrected chi connectivity index (χ4v) is 1.82. The summed E-state index contributed by atoms with van der Waals surface area (Å²) in [6, 6.07) is 4.82. The number of rotatable bonds is 4. The fourth-order valence-electron chi connectivity index (χ4n) is 1.49. The van der Waals surface area contributed by atoms with Crippen LogP contribution in [0.15, 0.2) is 22.7 Å². The molecular formula is C12H14BrFO. The fraction of sp³-hybridized carbons (Fsp3) is 0.417. The van der Waals surface area contributed by atoms with Crippen LogP contribution in [-0.4, -0.2) is 5.78 Å². The molecule has 0 bridgehead atoms. The Morgan fingerprint density at radius 1 is 1.53 bits per heavy atom. The van der Waals surface area contributed by atoms with Crippen molar-refractivity contribution in [3.05, 3.63) is 34.1 Å². The van der Waals surface area contributed by atoms with Crippen LogP contribution in [0.1, 0.15) is 38.2 Å². The van der Waals surface area contributed by atoms with Crippen molar-refractivity contribution in [1.29, 1.82) is 0 Å². The quantitative estimate of drug-likeness (QED) is 0.808. The molecule has 0 radical (unpaired) electrons. The van der Waals surface area contributed by atoms with E-state index in [1.54, 1.807) is 19.1 Å². The second-order valence-electron chi connectivity index (χ2n) is 3.60. The summed E-state index contributed by atoms with van der Waals surface area (Å²) in [6.07, 6.45) is 1.32. The lowest BCUT2D eigenvalue weighted by molar-refractivity contribution is -0.120. The minimum Gasteiger partial charge on any atom is -0.299 e. The van der Waals surface area contributed by atoms with Gasteiger partial charge in [-0.2, -0.15) is 0 Å². The first kappa shape index (κ1) is 12.4. The van der Waals surface area contributed by atoms with E-state index in [9.17, 15) is 9.18 Å². The summed E-state index contributed by atoms with van der Waals surface area (Å²) >= 11 is 3.19. The van der Waals surface area contributed by atoms with Crippen LogP contribution in [0.25, 0.3) is 0 Å². The Bertz CT molecular complexity index is 363. The van der Waals surface area contributed by atoms with Crippen molar-refractivity contribution >= 4 is 21.7 Å². The van der Waals surface area contributed by atoms with Crippen molar-refractivity contribution in [3.63, 3.8) is 0 Å². The molecule has 1 unspecified atom stereocenters. The van der Waals surface area contributed by atoms with Gasteiger partial charge in [-0.15, -0.1) is 0 Å². The molecule has 0 amide bonds. The van der Waals surface area contributed by atoms with Crippen LogP contribution in [0.2, 0.25) is 0 Å². The Morgan fingerprint density at radius 3 is 2.73 bits per heavy atom. The molecule has 15 heavy (non-hydrogen) atoms. The van der Waals surface area contributed by atoms with Crippen molar-refractivity contribution in [1.82, 2.24) is 0 Å². The zero-order valence-corrected chi connectivity index (χ0v) is 10.5. The second-order valence-corrected chi connectivity index (χ2v) is 4.52. The van der Waals surface area contributed by atoms with Crippen molar-refractivity contribution in [2.75, 3.05) is 0 Å². The van der Waals surface area contributed by atoms with Crippen molar-refractivity contribution in [2.24, 2.45) is 0 Å². The molecule has 0 saturated heterocycles. The topological polar surface area (TPSA) is 17.1 Å². The highest BCUT2D eigenvalue weighted by Gasteiger charge is 2.17. The first-order valence-electron chi connectivity index (χ1n) is 5.04. The highest BCUT2D eigenvalue weighted by atomic mass is 79.9. The smallest absolute Gasteiger partial charge is 0.140 e. The Balaban J connectivity index is 2.91. The van der Waals surface area contributed by atoms with Gasteiger partial charge in [0.25, 0.3) is 0 Å². The third-order valence-electron chi connectivity index (χ3n) is 2.41. The van der Waals surface area contributed by atoms with Crippen LogP contribution in [0.5, 0.6) is 0 Å². The standard InChI is InChI=1S/C12H14BrFO/c1-3-4-12(15)8(2)10-6-5-9(13)7-11(10)14/h5-8H,3-4H2,1-2H3. The molecule has 82 valence electrons. The molecular weight excluding hydrogens is 259 g/mol. The van der Waals surface area contributed by atoms with Crippen LogP contribution < -0.4 is 0 Å². The Labute approximate surface area is 97.8 Å². The second kappa shape index (κ2) is 5.40. The Morgan fingerprint density at radius 2 is 2.20 bits per heavy atom. The molecule has 1 aromatic carbocycles. The van der Waals surface area contributed by atoms with Gasteiger partial charge in [-0.05, 0) is 24.1 Å². The first-order chi connectivity index (χ1) is 7.06. The molecule has 0 aliphatic heterocycles. The lowest BCUT2D eigenvalue weighted by Crippen LogP contribution is -2.10. The van der Waals surface area contributed by atoms with E-state index in [1.807, 2.05) is 6.92 Å². The summed E-state index contributed by atoms with van der Waals surface area (Å²) in [5.41, 5.74) is 0.483. The van der Waals surface area contributed by atoms with Gasteiger partial charge in [0.1, 0.15) is 11.6 Å². The minimum absolute atomic E-state index is 0.0960. The van der Waals surface area contributed by atoms with Gasteiger partial charge >= 0.3 is 0 Å². The van der Waals surface area contributed by atoms with Crippen LogP contribution in [0, 0.1) is 5.82 Å². The van der Waals surface area contributed by atoms with E-state index in [0.717, 1.165) is 6.42 Å². The highest BCUT2D eigenvalue weighted by molar-refractivity contribution is 9.10. The molecule has 0 aliphatic rings. The van der Waals surface area contributed by atoms with Crippen LogP contribution in [-0.2, 0) is 4.79 Å². The molecule has 0 spiro atoms. The van der Waals surface area contributed by atoms with E-state index in [4.69, 9.17) is 0 Å². The summed E-state index contributed by atoms with van der Waals surface area (Å²) in [7, 11) is 0.